The third-order valence-electron chi connectivity index (χ3n) is 5.30. The number of hydrogen-bond donors (Lipinski definition) is 0. The Kier molecular flexibility index (Phi) is 9.16. The second-order valence-corrected chi connectivity index (χ2v) is 21.7. The molecule has 166 valence electrons. The van der Waals surface area contributed by atoms with Gasteiger partial charge in [-0.3, -0.25) is 0 Å². The summed E-state index contributed by atoms with van der Waals surface area (Å²) in [5.74, 6) is 3.38. The summed E-state index contributed by atoms with van der Waals surface area (Å²) >= 11 is 0. The average Bonchev–Trinajstić information content (AvgIpc) is 2.61. The monoisotopic (exact) mass is 462 g/mol. The van der Waals surface area contributed by atoms with E-state index in [4.69, 9.17) is 4.43 Å². The fourth-order valence-electron chi connectivity index (χ4n) is 2.50. The average molecular weight is 463 g/mol. The van der Waals surface area contributed by atoms with Crippen molar-refractivity contribution in [1.29, 1.82) is 0 Å². The standard InChI is InChI=1S/C24H38O3SSi2/c1-10-22(28(25,26)23-16-12-11-13-17-23)18-14-15-21(19-20-29(5,6)7)27-30(8,9)24(2,3)4/h11-13,16-17,21H,1,14-15,18H2,2-9H3. The number of sulfone groups is 1. The fraction of sp³-hybridized carbons (Fsp3) is 0.542. The van der Waals surface area contributed by atoms with Gasteiger partial charge in [-0.25, -0.2) is 8.42 Å². The molecule has 0 aliphatic rings. The van der Waals surface area contributed by atoms with E-state index in [1.807, 2.05) is 0 Å². The van der Waals surface area contributed by atoms with Gasteiger partial charge >= 0.3 is 0 Å². The van der Waals surface area contributed by atoms with Crippen LogP contribution in [0, 0.1) is 11.5 Å². The second kappa shape index (κ2) is 10.3. The molecule has 1 atom stereocenters. The summed E-state index contributed by atoms with van der Waals surface area (Å²) < 4.78 is 32.3. The van der Waals surface area contributed by atoms with Crippen LogP contribution in [0.3, 0.4) is 0 Å². The molecular formula is C24H38O3SSi2. The predicted octanol–water partition coefficient (Wildman–Crippen LogP) is 6.57. The van der Waals surface area contributed by atoms with Crippen molar-refractivity contribution >= 4 is 26.2 Å². The lowest BCUT2D eigenvalue weighted by Crippen LogP contribution is -2.43. The van der Waals surface area contributed by atoms with Crippen LogP contribution < -0.4 is 0 Å². The summed E-state index contributed by atoms with van der Waals surface area (Å²) in [6.07, 6.45) is 1.55. The first-order valence-corrected chi connectivity index (χ1v) is 18.4. The van der Waals surface area contributed by atoms with Gasteiger partial charge in [0.25, 0.3) is 0 Å². The van der Waals surface area contributed by atoms with Crippen molar-refractivity contribution in [3.63, 3.8) is 0 Å². The minimum Gasteiger partial charge on any atom is -0.403 e. The fourth-order valence-corrected chi connectivity index (χ4v) is 5.74. The third kappa shape index (κ3) is 8.05. The van der Waals surface area contributed by atoms with E-state index in [1.165, 1.54) is 0 Å². The number of benzene rings is 1. The van der Waals surface area contributed by atoms with Crippen molar-refractivity contribution in [2.75, 3.05) is 0 Å². The van der Waals surface area contributed by atoms with E-state index in [-0.39, 0.29) is 20.9 Å². The highest BCUT2D eigenvalue weighted by Crippen LogP contribution is 2.38. The predicted molar refractivity (Wildman–Crippen MR) is 133 cm³/mol. The van der Waals surface area contributed by atoms with E-state index >= 15 is 0 Å². The Bertz CT molecular complexity index is 919. The van der Waals surface area contributed by atoms with Gasteiger partial charge in [-0.15, -0.1) is 11.3 Å². The van der Waals surface area contributed by atoms with Crippen LogP contribution in [0.15, 0.2) is 52.4 Å². The quantitative estimate of drug-likeness (QED) is 0.249. The molecule has 0 aliphatic carbocycles. The molecule has 1 aromatic carbocycles. The number of rotatable bonds is 8. The van der Waals surface area contributed by atoms with Gasteiger partial charge in [-0.1, -0.05) is 71.1 Å². The molecule has 1 unspecified atom stereocenters. The molecule has 0 amide bonds. The maximum absolute atomic E-state index is 12.9. The smallest absolute Gasteiger partial charge is 0.209 e. The van der Waals surface area contributed by atoms with Crippen LogP contribution in [0.2, 0.25) is 37.8 Å². The SMILES string of the molecule is C=C=C(CCCC(C#C[Si](C)(C)C)O[Si](C)(C)C(C)(C)C)S(=O)(=O)c1ccccc1. The Hall–Kier alpha value is -1.36. The molecular weight excluding hydrogens is 425 g/mol. The highest BCUT2D eigenvalue weighted by Gasteiger charge is 2.39. The molecule has 0 heterocycles. The van der Waals surface area contributed by atoms with Crippen LogP contribution >= 0.6 is 0 Å². The van der Waals surface area contributed by atoms with Crippen LogP contribution in [-0.4, -0.2) is 30.9 Å². The van der Waals surface area contributed by atoms with Gasteiger partial charge in [0.05, 0.1) is 9.80 Å². The van der Waals surface area contributed by atoms with E-state index in [9.17, 15) is 8.42 Å². The van der Waals surface area contributed by atoms with Gasteiger partial charge in [-0.05, 0) is 49.5 Å². The second-order valence-electron chi connectivity index (χ2n) is 10.2. The van der Waals surface area contributed by atoms with E-state index in [2.05, 4.69) is 77.3 Å². The first-order chi connectivity index (χ1) is 13.6. The van der Waals surface area contributed by atoms with Crippen molar-refractivity contribution in [3.05, 3.63) is 47.5 Å². The van der Waals surface area contributed by atoms with Gasteiger partial charge in [-0.2, -0.15) is 0 Å². The molecule has 0 aliphatic heterocycles. The third-order valence-corrected chi connectivity index (χ3v) is 12.6. The Morgan fingerprint density at radius 3 is 2.13 bits per heavy atom. The normalized spacial score (nSPS) is 13.7. The van der Waals surface area contributed by atoms with Crippen LogP contribution in [0.5, 0.6) is 0 Å². The van der Waals surface area contributed by atoms with Crippen molar-refractivity contribution < 1.29 is 12.8 Å². The van der Waals surface area contributed by atoms with Crippen molar-refractivity contribution in [1.82, 2.24) is 0 Å². The van der Waals surface area contributed by atoms with E-state index in [0.717, 1.165) is 0 Å². The van der Waals surface area contributed by atoms with Gasteiger partial charge in [0, 0.05) is 0 Å². The Morgan fingerprint density at radius 2 is 1.67 bits per heavy atom. The Balaban J connectivity index is 2.97. The maximum Gasteiger partial charge on any atom is 0.209 e. The Labute approximate surface area is 186 Å². The molecule has 0 N–H and O–H groups in total. The molecule has 0 fully saturated rings. The molecule has 0 saturated carbocycles. The zero-order chi connectivity index (χ0) is 23.2. The van der Waals surface area contributed by atoms with Crippen LogP contribution in [0.1, 0.15) is 40.0 Å². The first-order valence-electron chi connectivity index (χ1n) is 10.5. The van der Waals surface area contributed by atoms with E-state index < -0.39 is 26.2 Å². The molecule has 1 rings (SSSR count). The lowest BCUT2D eigenvalue weighted by Gasteiger charge is -2.38. The van der Waals surface area contributed by atoms with Gasteiger partial charge in [0.1, 0.15) is 14.2 Å². The lowest BCUT2D eigenvalue weighted by molar-refractivity contribution is 0.221. The molecule has 30 heavy (non-hydrogen) atoms. The molecule has 1 aromatic rings. The van der Waals surface area contributed by atoms with Crippen LogP contribution in [0.4, 0.5) is 0 Å². The summed E-state index contributed by atoms with van der Waals surface area (Å²) in [7, 11) is -7.07. The van der Waals surface area contributed by atoms with Gasteiger partial charge in [0.15, 0.2) is 8.32 Å². The highest BCUT2D eigenvalue weighted by molar-refractivity contribution is 7.95. The van der Waals surface area contributed by atoms with E-state index in [1.54, 1.807) is 30.3 Å². The summed E-state index contributed by atoms with van der Waals surface area (Å²) in [6, 6.07) is 8.46. The molecule has 0 aromatic heterocycles. The molecule has 3 nitrogen and oxygen atoms in total. The molecule has 0 spiro atoms. The summed E-state index contributed by atoms with van der Waals surface area (Å²) in [6.45, 7) is 21.4. The van der Waals surface area contributed by atoms with Crippen molar-refractivity contribution in [2.24, 2.45) is 0 Å². The minimum atomic E-state index is -3.56. The van der Waals surface area contributed by atoms with Gasteiger partial charge < -0.3 is 4.43 Å². The Morgan fingerprint density at radius 1 is 1.10 bits per heavy atom. The first kappa shape index (κ1) is 26.7. The number of allylic oxidation sites excluding steroid dienone is 1. The minimum absolute atomic E-state index is 0.0922. The van der Waals surface area contributed by atoms with E-state index in [0.29, 0.717) is 19.3 Å². The lowest BCUT2D eigenvalue weighted by atomic mass is 10.1. The van der Waals surface area contributed by atoms with Crippen LogP contribution in [-0.2, 0) is 14.3 Å². The number of hydrogen-bond acceptors (Lipinski definition) is 3. The largest absolute Gasteiger partial charge is 0.403 e. The molecule has 6 heteroatoms. The van der Waals surface area contributed by atoms with Crippen molar-refractivity contribution in [3.8, 4) is 11.5 Å². The van der Waals surface area contributed by atoms with Crippen LogP contribution in [0.25, 0.3) is 0 Å². The highest BCUT2D eigenvalue weighted by atomic mass is 32.2. The molecule has 0 bridgehead atoms. The molecule has 0 radical (unpaired) electrons. The maximum atomic E-state index is 12.9. The van der Waals surface area contributed by atoms with Gasteiger partial charge in [0.2, 0.25) is 9.84 Å². The summed E-state index contributed by atoms with van der Waals surface area (Å²) in [5.41, 5.74) is 6.10. The zero-order valence-electron chi connectivity index (χ0n) is 19.9. The summed E-state index contributed by atoms with van der Waals surface area (Å²) in [4.78, 5) is 0.515. The topological polar surface area (TPSA) is 43.4 Å². The molecule has 0 saturated heterocycles. The zero-order valence-corrected chi connectivity index (χ0v) is 22.7. The van der Waals surface area contributed by atoms with Crippen molar-refractivity contribution in [2.45, 2.75) is 88.8 Å². The summed E-state index contributed by atoms with van der Waals surface area (Å²) in [5, 5.41) is 0.0922.